The van der Waals surface area contributed by atoms with E-state index in [9.17, 15) is 19.5 Å². The Balaban J connectivity index is 1.77. The van der Waals surface area contributed by atoms with E-state index in [1.165, 1.54) is 21.6 Å². The van der Waals surface area contributed by atoms with Crippen LogP contribution in [0.1, 0.15) is 28.8 Å². The first-order chi connectivity index (χ1) is 11.9. The van der Waals surface area contributed by atoms with Gasteiger partial charge in [0.1, 0.15) is 10.4 Å². The standard InChI is InChI=1S/C17H16N2O4S2/c1-18-15(21)13(25-17(18)24)9-10-4-6-11(7-5-10)14(20)19-8-2-3-12(19)16(22)23/h4-7,9,12H,2-3,8H2,1H3,(H,22,23). The fourth-order valence-corrected chi connectivity index (χ4v) is 4.03. The lowest BCUT2D eigenvalue weighted by molar-refractivity contribution is -0.141. The molecule has 1 N–H and O–H groups in total. The summed E-state index contributed by atoms with van der Waals surface area (Å²) in [7, 11) is 1.63. The lowest BCUT2D eigenvalue weighted by Gasteiger charge is -2.21. The molecule has 2 heterocycles. The van der Waals surface area contributed by atoms with Gasteiger partial charge in [0.2, 0.25) is 0 Å². The number of carboxylic acids is 1. The molecule has 2 saturated heterocycles. The summed E-state index contributed by atoms with van der Waals surface area (Å²) in [5.74, 6) is -1.39. The topological polar surface area (TPSA) is 77.9 Å². The second-order valence-corrected chi connectivity index (χ2v) is 7.53. The summed E-state index contributed by atoms with van der Waals surface area (Å²) in [6.07, 6.45) is 2.91. The van der Waals surface area contributed by atoms with E-state index in [0.717, 1.165) is 5.56 Å². The molecule has 2 aliphatic rings. The molecule has 8 heteroatoms. The lowest BCUT2D eigenvalue weighted by atomic mass is 10.1. The molecule has 25 heavy (non-hydrogen) atoms. The van der Waals surface area contributed by atoms with Gasteiger partial charge in [-0.2, -0.15) is 0 Å². The Morgan fingerprint density at radius 1 is 1.32 bits per heavy atom. The highest BCUT2D eigenvalue weighted by atomic mass is 32.2. The Bertz CT molecular complexity index is 788. The molecule has 3 rings (SSSR count). The Kier molecular flexibility index (Phi) is 4.91. The van der Waals surface area contributed by atoms with E-state index in [0.29, 0.717) is 34.2 Å². The van der Waals surface area contributed by atoms with Gasteiger partial charge in [-0.3, -0.25) is 14.5 Å². The minimum atomic E-state index is -0.968. The first-order valence-electron chi connectivity index (χ1n) is 7.74. The third-order valence-corrected chi connectivity index (χ3v) is 5.73. The zero-order valence-corrected chi connectivity index (χ0v) is 15.1. The van der Waals surface area contributed by atoms with Gasteiger partial charge in [0.05, 0.1) is 4.91 Å². The monoisotopic (exact) mass is 376 g/mol. The van der Waals surface area contributed by atoms with Crippen molar-refractivity contribution < 1.29 is 19.5 Å². The van der Waals surface area contributed by atoms with Crippen molar-refractivity contribution in [3.05, 3.63) is 40.3 Å². The van der Waals surface area contributed by atoms with Gasteiger partial charge in [-0.25, -0.2) is 4.79 Å². The minimum absolute atomic E-state index is 0.142. The number of carbonyl (C=O) groups is 3. The van der Waals surface area contributed by atoms with Crippen molar-refractivity contribution in [3.63, 3.8) is 0 Å². The molecule has 1 atom stereocenters. The number of rotatable bonds is 3. The molecule has 1 aromatic rings. The quantitative estimate of drug-likeness (QED) is 0.644. The predicted octanol–water partition coefficient (Wildman–Crippen LogP) is 2.21. The van der Waals surface area contributed by atoms with Crippen LogP contribution in [-0.2, 0) is 9.59 Å². The largest absolute Gasteiger partial charge is 0.480 e. The van der Waals surface area contributed by atoms with Crippen molar-refractivity contribution in [2.24, 2.45) is 0 Å². The fourth-order valence-electron chi connectivity index (χ4n) is 2.85. The van der Waals surface area contributed by atoms with Gasteiger partial charge in [-0.15, -0.1) is 0 Å². The summed E-state index contributed by atoms with van der Waals surface area (Å²) in [6, 6.07) is 6.03. The Morgan fingerprint density at radius 2 is 2.00 bits per heavy atom. The molecule has 0 aliphatic carbocycles. The van der Waals surface area contributed by atoms with Crippen LogP contribution in [0, 0.1) is 0 Å². The molecule has 1 aromatic carbocycles. The Hall–Kier alpha value is -2.19. The van der Waals surface area contributed by atoms with Crippen molar-refractivity contribution >= 4 is 52.2 Å². The summed E-state index contributed by atoms with van der Waals surface area (Å²) in [5.41, 5.74) is 1.22. The first-order valence-corrected chi connectivity index (χ1v) is 8.96. The zero-order valence-electron chi connectivity index (χ0n) is 13.5. The maximum Gasteiger partial charge on any atom is 0.326 e. The van der Waals surface area contributed by atoms with Crippen molar-refractivity contribution in [1.82, 2.24) is 9.80 Å². The van der Waals surface area contributed by atoms with E-state index in [1.54, 1.807) is 37.4 Å². The average Bonchev–Trinajstić information content (AvgIpc) is 3.17. The highest BCUT2D eigenvalue weighted by molar-refractivity contribution is 8.26. The molecule has 0 radical (unpaired) electrons. The Labute approximate surface area is 154 Å². The number of thioether (sulfide) groups is 1. The number of thiocarbonyl (C=S) groups is 1. The molecule has 2 aliphatic heterocycles. The number of likely N-dealkylation sites (N-methyl/N-ethyl adjacent to an activating group) is 1. The van der Waals surface area contributed by atoms with E-state index in [-0.39, 0.29) is 11.8 Å². The van der Waals surface area contributed by atoms with Crippen LogP contribution in [0.3, 0.4) is 0 Å². The van der Waals surface area contributed by atoms with Crippen molar-refractivity contribution in [1.29, 1.82) is 0 Å². The second kappa shape index (κ2) is 6.97. The maximum atomic E-state index is 12.5. The van der Waals surface area contributed by atoms with Crippen LogP contribution in [-0.4, -0.2) is 56.6 Å². The number of nitrogens with zero attached hydrogens (tertiary/aromatic N) is 2. The average molecular weight is 376 g/mol. The number of carbonyl (C=O) groups excluding carboxylic acids is 2. The van der Waals surface area contributed by atoms with E-state index < -0.39 is 12.0 Å². The van der Waals surface area contributed by atoms with Crippen molar-refractivity contribution in [2.45, 2.75) is 18.9 Å². The maximum absolute atomic E-state index is 12.5. The normalized spacial score (nSPS) is 22.1. The Morgan fingerprint density at radius 3 is 2.56 bits per heavy atom. The highest BCUT2D eigenvalue weighted by Gasteiger charge is 2.34. The molecule has 2 fully saturated rings. The molecule has 0 bridgehead atoms. The zero-order chi connectivity index (χ0) is 18.1. The van der Waals surface area contributed by atoms with Crippen LogP contribution < -0.4 is 0 Å². The lowest BCUT2D eigenvalue weighted by Crippen LogP contribution is -2.40. The van der Waals surface area contributed by atoms with Gasteiger partial charge in [-0.05, 0) is 36.6 Å². The summed E-state index contributed by atoms with van der Waals surface area (Å²) in [4.78, 5) is 39.1. The molecule has 2 amide bonds. The number of hydrogen-bond donors (Lipinski definition) is 1. The first kappa shape index (κ1) is 17.6. The van der Waals surface area contributed by atoms with Crippen molar-refractivity contribution in [2.75, 3.05) is 13.6 Å². The summed E-state index contributed by atoms with van der Waals surface area (Å²) < 4.78 is 0.511. The van der Waals surface area contributed by atoms with Gasteiger partial charge in [-0.1, -0.05) is 36.1 Å². The fraction of sp³-hybridized carbons (Fsp3) is 0.294. The molecule has 0 aromatic heterocycles. The summed E-state index contributed by atoms with van der Waals surface area (Å²) in [6.45, 7) is 0.455. The van der Waals surface area contributed by atoms with Crippen LogP contribution in [0.2, 0.25) is 0 Å². The number of aliphatic carboxylic acids is 1. The molecule has 6 nitrogen and oxygen atoms in total. The van der Waals surface area contributed by atoms with Crippen LogP contribution >= 0.6 is 24.0 Å². The van der Waals surface area contributed by atoms with Gasteiger partial charge < -0.3 is 10.0 Å². The highest BCUT2D eigenvalue weighted by Crippen LogP contribution is 2.31. The third kappa shape index (κ3) is 3.45. The van der Waals surface area contributed by atoms with Gasteiger partial charge in [0, 0.05) is 19.2 Å². The van der Waals surface area contributed by atoms with Crippen LogP contribution in [0.15, 0.2) is 29.2 Å². The van der Waals surface area contributed by atoms with E-state index in [1.807, 2.05) is 0 Å². The number of likely N-dealkylation sites (tertiary alicyclic amines) is 1. The van der Waals surface area contributed by atoms with Crippen LogP contribution in [0.25, 0.3) is 6.08 Å². The van der Waals surface area contributed by atoms with E-state index in [4.69, 9.17) is 12.2 Å². The predicted molar refractivity (Wildman–Crippen MR) is 99.1 cm³/mol. The van der Waals surface area contributed by atoms with E-state index >= 15 is 0 Å². The van der Waals surface area contributed by atoms with Crippen molar-refractivity contribution in [3.8, 4) is 0 Å². The molecular formula is C17H16N2O4S2. The van der Waals surface area contributed by atoms with Gasteiger partial charge in [0.25, 0.3) is 11.8 Å². The molecule has 1 unspecified atom stereocenters. The number of hydrogen-bond acceptors (Lipinski definition) is 5. The van der Waals surface area contributed by atoms with Crippen LogP contribution in [0.5, 0.6) is 0 Å². The second-order valence-electron chi connectivity index (χ2n) is 5.86. The minimum Gasteiger partial charge on any atom is -0.480 e. The van der Waals surface area contributed by atoms with Crippen LogP contribution in [0.4, 0.5) is 0 Å². The number of carboxylic acid groups (broad SMARTS) is 1. The number of benzene rings is 1. The van der Waals surface area contributed by atoms with E-state index in [2.05, 4.69) is 0 Å². The smallest absolute Gasteiger partial charge is 0.326 e. The summed E-state index contributed by atoms with van der Waals surface area (Å²) in [5, 5.41) is 9.20. The third-order valence-electron chi connectivity index (χ3n) is 4.24. The number of amides is 2. The molecule has 0 saturated carbocycles. The SMILES string of the molecule is CN1C(=O)C(=Cc2ccc(C(=O)N3CCCC3C(=O)O)cc2)SC1=S. The molecule has 0 spiro atoms. The molecule has 130 valence electrons. The molecular weight excluding hydrogens is 360 g/mol. The van der Waals surface area contributed by atoms with Gasteiger partial charge in [0.15, 0.2) is 0 Å². The van der Waals surface area contributed by atoms with Gasteiger partial charge >= 0.3 is 5.97 Å². The summed E-state index contributed by atoms with van der Waals surface area (Å²) >= 11 is 6.33.